The third-order valence-electron chi connectivity index (χ3n) is 1.47. The summed E-state index contributed by atoms with van der Waals surface area (Å²) >= 11 is 0. The van der Waals surface area contributed by atoms with Gasteiger partial charge in [0.15, 0.2) is 0 Å². The lowest BCUT2D eigenvalue weighted by molar-refractivity contribution is 0.0223. The van der Waals surface area contributed by atoms with Crippen molar-refractivity contribution in [1.29, 1.82) is 0 Å². The largest absolute Gasteiger partial charge is 0.508 e. The molecule has 0 N–H and O–H groups in total. The van der Waals surface area contributed by atoms with E-state index >= 15 is 0 Å². The Morgan fingerprint density at radius 3 is 2.40 bits per heavy atom. The Morgan fingerprint density at radius 2 is 1.87 bits per heavy atom. The summed E-state index contributed by atoms with van der Waals surface area (Å²) in [6.45, 7) is 3.76. The molecule has 0 aliphatic carbocycles. The molecule has 1 atom stereocenters. The standard InChI is InChI=1S/C9H16O6/c1-4-13-9(11)14-6-5-7(2)15-8(10)12-3/h7H,4-6H2,1-3H3. The monoisotopic (exact) mass is 220 g/mol. The Labute approximate surface area is 88.4 Å². The van der Waals surface area contributed by atoms with Crippen molar-refractivity contribution >= 4 is 12.3 Å². The highest BCUT2D eigenvalue weighted by molar-refractivity contribution is 5.60. The number of hydrogen-bond acceptors (Lipinski definition) is 6. The molecule has 0 fully saturated rings. The quantitative estimate of drug-likeness (QED) is 0.657. The summed E-state index contributed by atoms with van der Waals surface area (Å²) in [6.07, 6.45) is -1.44. The first-order valence-electron chi connectivity index (χ1n) is 4.64. The Hall–Kier alpha value is -1.46. The van der Waals surface area contributed by atoms with Crippen LogP contribution in [0.15, 0.2) is 0 Å². The summed E-state index contributed by atoms with van der Waals surface area (Å²) in [7, 11) is 1.23. The summed E-state index contributed by atoms with van der Waals surface area (Å²) in [6, 6.07) is 0. The van der Waals surface area contributed by atoms with Crippen LogP contribution in [0, 0.1) is 0 Å². The molecule has 1 unspecified atom stereocenters. The third-order valence-corrected chi connectivity index (χ3v) is 1.47. The van der Waals surface area contributed by atoms with Crippen LogP contribution >= 0.6 is 0 Å². The number of ether oxygens (including phenoxy) is 4. The van der Waals surface area contributed by atoms with Gasteiger partial charge in [-0.25, -0.2) is 9.59 Å². The smallest absolute Gasteiger partial charge is 0.438 e. The van der Waals surface area contributed by atoms with E-state index in [1.807, 2.05) is 0 Å². The first-order chi connectivity index (χ1) is 7.10. The van der Waals surface area contributed by atoms with E-state index in [-0.39, 0.29) is 19.3 Å². The third kappa shape index (κ3) is 7.60. The van der Waals surface area contributed by atoms with E-state index in [4.69, 9.17) is 4.74 Å². The average Bonchev–Trinajstić information content (AvgIpc) is 2.18. The summed E-state index contributed by atoms with van der Waals surface area (Å²) in [5, 5.41) is 0. The number of hydrogen-bond donors (Lipinski definition) is 0. The highest BCUT2D eigenvalue weighted by Gasteiger charge is 2.10. The van der Waals surface area contributed by atoms with E-state index in [0.29, 0.717) is 6.42 Å². The van der Waals surface area contributed by atoms with Crippen LogP contribution in [0.25, 0.3) is 0 Å². The molecule has 0 aromatic heterocycles. The Kier molecular flexibility index (Phi) is 7.13. The molecular weight excluding hydrogens is 204 g/mol. The second-order valence-electron chi connectivity index (χ2n) is 2.70. The maximum Gasteiger partial charge on any atom is 0.508 e. The van der Waals surface area contributed by atoms with Crippen molar-refractivity contribution < 1.29 is 28.5 Å². The fourth-order valence-electron chi connectivity index (χ4n) is 0.739. The second-order valence-corrected chi connectivity index (χ2v) is 2.70. The van der Waals surface area contributed by atoms with Crippen molar-refractivity contribution in [3.05, 3.63) is 0 Å². The van der Waals surface area contributed by atoms with Crippen LogP contribution in [-0.4, -0.2) is 38.7 Å². The van der Waals surface area contributed by atoms with Gasteiger partial charge in [0.05, 0.1) is 20.3 Å². The van der Waals surface area contributed by atoms with Gasteiger partial charge >= 0.3 is 12.3 Å². The zero-order chi connectivity index (χ0) is 11.7. The van der Waals surface area contributed by atoms with Gasteiger partial charge in [0, 0.05) is 6.42 Å². The molecule has 0 saturated carbocycles. The second kappa shape index (κ2) is 7.90. The average molecular weight is 220 g/mol. The van der Waals surface area contributed by atoms with E-state index < -0.39 is 12.3 Å². The predicted molar refractivity (Wildman–Crippen MR) is 50.5 cm³/mol. The maximum absolute atomic E-state index is 10.7. The molecule has 0 bridgehead atoms. The Balaban J connectivity index is 3.50. The molecule has 0 aromatic rings. The van der Waals surface area contributed by atoms with Crippen molar-refractivity contribution in [2.75, 3.05) is 20.3 Å². The first kappa shape index (κ1) is 13.5. The molecule has 0 radical (unpaired) electrons. The fourth-order valence-corrected chi connectivity index (χ4v) is 0.739. The zero-order valence-electron chi connectivity index (χ0n) is 9.15. The molecule has 6 nitrogen and oxygen atoms in total. The van der Waals surface area contributed by atoms with Gasteiger partial charge in [0.1, 0.15) is 6.10 Å². The Bertz CT molecular complexity index is 203. The zero-order valence-corrected chi connectivity index (χ0v) is 9.15. The van der Waals surface area contributed by atoms with Gasteiger partial charge in [-0.05, 0) is 13.8 Å². The van der Waals surface area contributed by atoms with Crippen LogP contribution in [0.1, 0.15) is 20.3 Å². The topological polar surface area (TPSA) is 71.1 Å². The lowest BCUT2D eigenvalue weighted by Gasteiger charge is -2.11. The summed E-state index contributed by atoms with van der Waals surface area (Å²) in [4.78, 5) is 21.4. The van der Waals surface area contributed by atoms with Gasteiger partial charge in [0.2, 0.25) is 0 Å². The van der Waals surface area contributed by atoms with Gasteiger partial charge in [-0.3, -0.25) is 0 Å². The molecule has 0 spiro atoms. The van der Waals surface area contributed by atoms with Gasteiger partial charge in [-0.1, -0.05) is 0 Å². The van der Waals surface area contributed by atoms with Crippen LogP contribution in [0.4, 0.5) is 9.59 Å². The fraction of sp³-hybridized carbons (Fsp3) is 0.778. The highest BCUT2D eigenvalue weighted by Crippen LogP contribution is 2.00. The molecule has 0 heterocycles. The van der Waals surface area contributed by atoms with Crippen molar-refractivity contribution in [1.82, 2.24) is 0 Å². The molecule has 0 aliphatic rings. The molecule has 15 heavy (non-hydrogen) atoms. The van der Waals surface area contributed by atoms with Gasteiger partial charge < -0.3 is 18.9 Å². The van der Waals surface area contributed by atoms with E-state index in [1.54, 1.807) is 13.8 Å². The summed E-state index contributed by atoms with van der Waals surface area (Å²) < 4.78 is 18.2. The van der Waals surface area contributed by atoms with Crippen molar-refractivity contribution in [2.24, 2.45) is 0 Å². The Morgan fingerprint density at radius 1 is 1.20 bits per heavy atom. The van der Waals surface area contributed by atoms with E-state index in [9.17, 15) is 9.59 Å². The summed E-state index contributed by atoms with van der Waals surface area (Å²) in [5.74, 6) is 0. The van der Waals surface area contributed by atoms with Crippen LogP contribution < -0.4 is 0 Å². The van der Waals surface area contributed by atoms with E-state index in [2.05, 4.69) is 14.2 Å². The van der Waals surface area contributed by atoms with Crippen molar-refractivity contribution in [3.63, 3.8) is 0 Å². The minimum atomic E-state index is -0.751. The van der Waals surface area contributed by atoms with Gasteiger partial charge in [-0.2, -0.15) is 0 Å². The number of rotatable bonds is 5. The van der Waals surface area contributed by atoms with Crippen LogP contribution in [0.2, 0.25) is 0 Å². The molecule has 0 amide bonds. The SMILES string of the molecule is CCOC(=O)OCCC(C)OC(=O)OC. The minimum absolute atomic E-state index is 0.136. The van der Waals surface area contributed by atoms with Crippen molar-refractivity contribution in [3.8, 4) is 0 Å². The number of carbonyl (C=O) groups is 2. The number of carbonyl (C=O) groups excluding carboxylic acids is 2. The highest BCUT2D eigenvalue weighted by atomic mass is 16.7. The maximum atomic E-state index is 10.7. The minimum Gasteiger partial charge on any atom is -0.438 e. The van der Waals surface area contributed by atoms with Crippen LogP contribution in [-0.2, 0) is 18.9 Å². The first-order valence-corrected chi connectivity index (χ1v) is 4.64. The van der Waals surface area contributed by atoms with Crippen molar-refractivity contribution in [2.45, 2.75) is 26.4 Å². The van der Waals surface area contributed by atoms with E-state index in [0.717, 1.165) is 0 Å². The molecule has 88 valence electrons. The lowest BCUT2D eigenvalue weighted by Crippen LogP contribution is -2.18. The number of methoxy groups -OCH3 is 1. The molecule has 0 rings (SSSR count). The van der Waals surface area contributed by atoms with Gasteiger partial charge in [-0.15, -0.1) is 0 Å². The molecule has 0 saturated heterocycles. The normalized spacial score (nSPS) is 11.4. The molecule has 0 aliphatic heterocycles. The molecular formula is C9H16O6. The predicted octanol–water partition coefficient (Wildman–Crippen LogP) is 1.72. The lowest BCUT2D eigenvalue weighted by atomic mass is 10.3. The molecule has 6 heteroatoms. The van der Waals surface area contributed by atoms with Gasteiger partial charge in [0.25, 0.3) is 0 Å². The van der Waals surface area contributed by atoms with Crippen LogP contribution in [0.3, 0.4) is 0 Å². The molecule has 0 aromatic carbocycles. The summed E-state index contributed by atoms with van der Waals surface area (Å²) in [5.41, 5.74) is 0. The van der Waals surface area contributed by atoms with Crippen LogP contribution in [0.5, 0.6) is 0 Å². The van der Waals surface area contributed by atoms with E-state index in [1.165, 1.54) is 7.11 Å².